The molecule has 3 aromatic rings. The van der Waals surface area contributed by atoms with Gasteiger partial charge in [0.15, 0.2) is 0 Å². The summed E-state index contributed by atoms with van der Waals surface area (Å²) in [6.45, 7) is 3.03. The molecule has 0 bridgehead atoms. The summed E-state index contributed by atoms with van der Waals surface area (Å²) in [4.78, 5) is 25.3. The average Bonchev–Trinajstić information content (AvgIpc) is 3.03. The standard InChI is InChI=1S/C20H25N3O5/c1-6-23-16(12-28-14-9-7-13(27-5)8-10-14)15(11-26-4)17-18(23)19(24)22(3)20(25)21(17)2/h7-10H,6,11-12H2,1-5H3. The van der Waals surface area contributed by atoms with Crippen LogP contribution in [0.5, 0.6) is 11.5 Å². The van der Waals surface area contributed by atoms with E-state index in [1.807, 2.05) is 35.8 Å². The maximum Gasteiger partial charge on any atom is 0.331 e. The van der Waals surface area contributed by atoms with E-state index in [1.54, 1.807) is 21.3 Å². The van der Waals surface area contributed by atoms with E-state index in [1.165, 1.54) is 11.6 Å². The number of fused-ring (bicyclic) bond motifs is 1. The van der Waals surface area contributed by atoms with Crippen molar-refractivity contribution in [3.05, 3.63) is 56.4 Å². The lowest BCUT2D eigenvalue weighted by Gasteiger charge is -2.12. The molecular weight excluding hydrogens is 362 g/mol. The molecule has 0 aliphatic carbocycles. The minimum absolute atomic E-state index is 0.241. The third-order valence-corrected chi connectivity index (χ3v) is 4.91. The molecule has 0 fully saturated rings. The number of ether oxygens (including phenoxy) is 3. The molecule has 0 spiro atoms. The van der Waals surface area contributed by atoms with Crippen LogP contribution in [-0.4, -0.2) is 27.9 Å². The number of methoxy groups -OCH3 is 2. The maximum absolute atomic E-state index is 12.8. The smallest absolute Gasteiger partial charge is 0.331 e. The van der Waals surface area contributed by atoms with Crippen LogP contribution in [0.4, 0.5) is 0 Å². The topological polar surface area (TPSA) is 76.6 Å². The Morgan fingerprint density at radius 1 is 0.893 bits per heavy atom. The molecule has 0 atom stereocenters. The van der Waals surface area contributed by atoms with Gasteiger partial charge in [-0.2, -0.15) is 0 Å². The molecule has 0 amide bonds. The number of nitrogens with zero attached hydrogens (tertiary/aromatic N) is 3. The van der Waals surface area contributed by atoms with E-state index in [0.717, 1.165) is 21.6 Å². The normalized spacial score (nSPS) is 11.2. The predicted octanol–water partition coefficient (Wildman–Crippen LogP) is 1.79. The fraction of sp³-hybridized carbons (Fsp3) is 0.400. The van der Waals surface area contributed by atoms with Crippen molar-refractivity contribution in [1.29, 1.82) is 0 Å². The van der Waals surface area contributed by atoms with Crippen LogP contribution in [0.1, 0.15) is 18.2 Å². The van der Waals surface area contributed by atoms with E-state index in [-0.39, 0.29) is 24.5 Å². The van der Waals surface area contributed by atoms with Gasteiger partial charge < -0.3 is 18.8 Å². The molecule has 3 rings (SSSR count). The molecular formula is C20H25N3O5. The van der Waals surface area contributed by atoms with E-state index in [4.69, 9.17) is 14.2 Å². The van der Waals surface area contributed by atoms with Crippen molar-refractivity contribution in [3.63, 3.8) is 0 Å². The van der Waals surface area contributed by atoms with E-state index in [0.29, 0.717) is 23.3 Å². The molecule has 0 radical (unpaired) electrons. The summed E-state index contributed by atoms with van der Waals surface area (Å²) < 4.78 is 21.0. The molecule has 8 nitrogen and oxygen atoms in total. The summed E-state index contributed by atoms with van der Waals surface area (Å²) >= 11 is 0. The molecule has 0 unspecified atom stereocenters. The maximum atomic E-state index is 12.8. The molecule has 2 aromatic heterocycles. The van der Waals surface area contributed by atoms with Crippen LogP contribution in [0.15, 0.2) is 33.9 Å². The summed E-state index contributed by atoms with van der Waals surface area (Å²) in [7, 11) is 6.34. The third kappa shape index (κ3) is 3.20. The van der Waals surface area contributed by atoms with Gasteiger partial charge in [-0.05, 0) is 31.2 Å². The lowest BCUT2D eigenvalue weighted by Crippen LogP contribution is -2.37. The van der Waals surface area contributed by atoms with Crippen LogP contribution >= 0.6 is 0 Å². The van der Waals surface area contributed by atoms with Crippen LogP contribution in [-0.2, 0) is 38.6 Å². The highest BCUT2D eigenvalue weighted by Crippen LogP contribution is 2.26. The van der Waals surface area contributed by atoms with Crippen molar-refractivity contribution >= 4 is 11.0 Å². The Labute approximate surface area is 162 Å². The molecule has 0 aliphatic heterocycles. The van der Waals surface area contributed by atoms with Gasteiger partial charge >= 0.3 is 5.69 Å². The van der Waals surface area contributed by atoms with Crippen LogP contribution in [0.25, 0.3) is 11.0 Å². The zero-order valence-electron chi connectivity index (χ0n) is 16.8. The predicted molar refractivity (Wildman–Crippen MR) is 106 cm³/mol. The Morgan fingerprint density at radius 2 is 1.54 bits per heavy atom. The summed E-state index contributed by atoms with van der Waals surface area (Å²) in [6.07, 6.45) is 0. The van der Waals surface area contributed by atoms with Crippen molar-refractivity contribution in [1.82, 2.24) is 13.7 Å². The largest absolute Gasteiger partial charge is 0.497 e. The first kappa shape index (κ1) is 19.8. The Bertz CT molecular complexity index is 1110. The van der Waals surface area contributed by atoms with Gasteiger partial charge in [-0.25, -0.2) is 4.79 Å². The molecule has 8 heteroatoms. The fourth-order valence-corrected chi connectivity index (χ4v) is 3.48. The zero-order valence-corrected chi connectivity index (χ0v) is 16.8. The van der Waals surface area contributed by atoms with Crippen molar-refractivity contribution < 1.29 is 14.2 Å². The van der Waals surface area contributed by atoms with Crippen molar-refractivity contribution in [3.8, 4) is 11.5 Å². The monoisotopic (exact) mass is 387 g/mol. The Kier molecular flexibility index (Phi) is 5.60. The fourth-order valence-electron chi connectivity index (χ4n) is 3.48. The molecule has 0 saturated carbocycles. The molecule has 0 aliphatic rings. The van der Waals surface area contributed by atoms with E-state index >= 15 is 0 Å². The minimum Gasteiger partial charge on any atom is -0.497 e. The quantitative estimate of drug-likeness (QED) is 0.618. The number of hydrogen-bond donors (Lipinski definition) is 0. The van der Waals surface area contributed by atoms with E-state index < -0.39 is 0 Å². The summed E-state index contributed by atoms with van der Waals surface area (Å²) in [5.74, 6) is 1.42. The van der Waals surface area contributed by atoms with Crippen molar-refractivity contribution in [2.45, 2.75) is 26.7 Å². The second kappa shape index (κ2) is 7.93. The first-order valence-electron chi connectivity index (χ1n) is 9.00. The summed E-state index contributed by atoms with van der Waals surface area (Å²) in [5, 5.41) is 0. The van der Waals surface area contributed by atoms with Crippen LogP contribution in [0.3, 0.4) is 0 Å². The van der Waals surface area contributed by atoms with Gasteiger partial charge in [0, 0.05) is 33.3 Å². The Hall–Kier alpha value is -3.00. The first-order chi connectivity index (χ1) is 13.4. The SMILES string of the molecule is CCn1c(COc2ccc(OC)cc2)c(COC)c2c1c(=O)n(C)c(=O)n2C. The highest BCUT2D eigenvalue weighted by molar-refractivity contribution is 5.81. The zero-order chi connectivity index (χ0) is 20.4. The van der Waals surface area contributed by atoms with Gasteiger partial charge in [-0.1, -0.05) is 0 Å². The third-order valence-electron chi connectivity index (χ3n) is 4.91. The van der Waals surface area contributed by atoms with Crippen LogP contribution in [0.2, 0.25) is 0 Å². The van der Waals surface area contributed by atoms with Gasteiger partial charge in [0.1, 0.15) is 23.6 Å². The molecule has 1 aromatic carbocycles. The van der Waals surface area contributed by atoms with Gasteiger partial charge in [-0.15, -0.1) is 0 Å². The number of aromatic nitrogens is 3. The molecule has 2 heterocycles. The van der Waals surface area contributed by atoms with Crippen molar-refractivity contribution in [2.24, 2.45) is 14.1 Å². The molecule has 150 valence electrons. The number of rotatable bonds is 7. The number of benzene rings is 1. The van der Waals surface area contributed by atoms with Gasteiger partial charge in [0.05, 0.1) is 24.9 Å². The molecule has 0 N–H and O–H groups in total. The van der Waals surface area contributed by atoms with Gasteiger partial charge in [-0.3, -0.25) is 13.9 Å². The summed E-state index contributed by atoms with van der Waals surface area (Å²) in [6, 6.07) is 7.28. The van der Waals surface area contributed by atoms with E-state index in [2.05, 4.69) is 0 Å². The lowest BCUT2D eigenvalue weighted by molar-refractivity contribution is 0.182. The highest BCUT2D eigenvalue weighted by Gasteiger charge is 2.23. The van der Waals surface area contributed by atoms with Crippen LogP contribution in [0, 0.1) is 0 Å². The summed E-state index contributed by atoms with van der Waals surface area (Å²) in [5.41, 5.74) is 1.97. The molecule has 28 heavy (non-hydrogen) atoms. The van der Waals surface area contributed by atoms with Gasteiger partial charge in [0.25, 0.3) is 5.56 Å². The lowest BCUT2D eigenvalue weighted by atomic mass is 10.2. The van der Waals surface area contributed by atoms with Gasteiger partial charge in [0.2, 0.25) is 0 Å². The Balaban J connectivity index is 2.16. The number of hydrogen-bond acceptors (Lipinski definition) is 5. The number of aryl methyl sites for hydroxylation is 2. The molecule has 0 saturated heterocycles. The van der Waals surface area contributed by atoms with E-state index in [9.17, 15) is 9.59 Å². The highest BCUT2D eigenvalue weighted by atomic mass is 16.5. The van der Waals surface area contributed by atoms with Crippen LogP contribution < -0.4 is 20.7 Å². The Morgan fingerprint density at radius 3 is 2.11 bits per heavy atom. The second-order valence-electron chi connectivity index (χ2n) is 6.47. The second-order valence-corrected chi connectivity index (χ2v) is 6.47. The average molecular weight is 387 g/mol. The minimum atomic E-state index is -0.370. The first-order valence-corrected chi connectivity index (χ1v) is 9.00. The van der Waals surface area contributed by atoms with Crippen molar-refractivity contribution in [2.75, 3.05) is 14.2 Å².